The van der Waals surface area contributed by atoms with Crippen LogP contribution in [0, 0.1) is 0 Å². The highest BCUT2D eigenvalue weighted by Crippen LogP contribution is 2.23. The maximum atomic E-state index is 11.8. The average molecular weight is 245 g/mol. The summed E-state index contributed by atoms with van der Waals surface area (Å²) in [6.45, 7) is 2.57. The van der Waals surface area contributed by atoms with Crippen LogP contribution < -0.4 is 0 Å². The van der Waals surface area contributed by atoms with E-state index >= 15 is 0 Å². The highest BCUT2D eigenvalue weighted by molar-refractivity contribution is 5.73. The van der Waals surface area contributed by atoms with E-state index in [2.05, 4.69) is 29.2 Å². The third kappa shape index (κ3) is 3.59. The molecule has 18 heavy (non-hydrogen) atoms. The smallest absolute Gasteiger partial charge is 0.219 e. The summed E-state index contributed by atoms with van der Waals surface area (Å²) in [5.74, 6) is 0.234. The lowest BCUT2D eigenvalue weighted by Gasteiger charge is -2.33. The van der Waals surface area contributed by atoms with Crippen LogP contribution in [0.15, 0.2) is 30.3 Å². The lowest BCUT2D eigenvalue weighted by molar-refractivity contribution is -0.131. The molecule has 2 rings (SSSR count). The van der Waals surface area contributed by atoms with Gasteiger partial charge in [0.25, 0.3) is 0 Å². The van der Waals surface area contributed by atoms with Gasteiger partial charge in [-0.25, -0.2) is 0 Å². The van der Waals surface area contributed by atoms with E-state index in [9.17, 15) is 4.79 Å². The highest BCUT2D eigenvalue weighted by atomic mass is 16.2. The van der Waals surface area contributed by atoms with Gasteiger partial charge < -0.3 is 4.90 Å². The lowest BCUT2D eigenvalue weighted by Crippen LogP contribution is -2.41. The molecule has 0 atom stereocenters. The first-order chi connectivity index (χ1) is 8.77. The molecule has 0 N–H and O–H groups in total. The van der Waals surface area contributed by atoms with Gasteiger partial charge in [0.15, 0.2) is 0 Å². The third-order valence-corrected chi connectivity index (χ3v) is 3.90. The van der Waals surface area contributed by atoms with Crippen LogP contribution in [-0.4, -0.2) is 23.4 Å². The van der Waals surface area contributed by atoms with Crippen molar-refractivity contribution in [2.45, 2.75) is 51.5 Å². The molecule has 0 radical (unpaired) electrons. The minimum absolute atomic E-state index is 0.234. The number of carbonyl (C=O) groups excluding carboxylic acids is 1. The highest BCUT2D eigenvalue weighted by Gasteiger charge is 2.22. The van der Waals surface area contributed by atoms with Gasteiger partial charge in [0.2, 0.25) is 5.91 Å². The van der Waals surface area contributed by atoms with Crippen molar-refractivity contribution in [3.8, 4) is 0 Å². The molecule has 0 unspecified atom stereocenters. The molecule has 1 aromatic carbocycles. The molecule has 0 bridgehead atoms. The second-order valence-electron chi connectivity index (χ2n) is 5.24. The maximum absolute atomic E-state index is 11.8. The molecule has 1 amide bonds. The molecule has 0 aliphatic heterocycles. The monoisotopic (exact) mass is 245 g/mol. The summed E-state index contributed by atoms with van der Waals surface area (Å²) in [5, 5.41) is 0. The molecule has 2 nitrogen and oxygen atoms in total. The molecule has 1 aliphatic carbocycles. The van der Waals surface area contributed by atoms with Crippen molar-refractivity contribution in [3.05, 3.63) is 35.9 Å². The number of carbonyl (C=O) groups is 1. The molecule has 1 aliphatic rings. The van der Waals surface area contributed by atoms with E-state index in [-0.39, 0.29) is 5.91 Å². The zero-order chi connectivity index (χ0) is 12.8. The Balaban J connectivity index is 1.92. The predicted molar refractivity (Wildman–Crippen MR) is 74.4 cm³/mol. The topological polar surface area (TPSA) is 20.3 Å². The molecule has 1 aromatic rings. The van der Waals surface area contributed by atoms with E-state index in [0.29, 0.717) is 6.04 Å². The van der Waals surface area contributed by atoms with Gasteiger partial charge in [0, 0.05) is 19.5 Å². The Bertz CT molecular complexity index is 368. The average Bonchev–Trinajstić information content (AvgIpc) is 2.41. The normalized spacial score (nSPS) is 16.5. The largest absolute Gasteiger partial charge is 0.340 e. The number of hydrogen-bond donors (Lipinski definition) is 0. The van der Waals surface area contributed by atoms with Crippen molar-refractivity contribution in [1.29, 1.82) is 0 Å². The summed E-state index contributed by atoms with van der Waals surface area (Å²) in [5.41, 5.74) is 1.32. The standard InChI is InChI=1S/C16H23NO/c1-14(18)17(16-10-6-3-7-11-16)13-12-15-8-4-2-5-9-15/h2,4-5,8-9,16H,3,6-7,10-13H2,1H3. The van der Waals surface area contributed by atoms with Gasteiger partial charge in [0.1, 0.15) is 0 Å². The fourth-order valence-electron chi connectivity index (χ4n) is 2.88. The van der Waals surface area contributed by atoms with Gasteiger partial charge in [-0.05, 0) is 24.8 Å². The Morgan fingerprint density at radius 3 is 2.44 bits per heavy atom. The van der Waals surface area contributed by atoms with Crippen LogP contribution in [0.2, 0.25) is 0 Å². The molecule has 1 saturated carbocycles. The van der Waals surface area contributed by atoms with Crippen LogP contribution in [0.5, 0.6) is 0 Å². The van der Waals surface area contributed by atoms with Crippen molar-refractivity contribution >= 4 is 5.91 Å². The number of rotatable bonds is 4. The number of hydrogen-bond acceptors (Lipinski definition) is 1. The van der Waals surface area contributed by atoms with Crippen LogP contribution in [0.3, 0.4) is 0 Å². The molecular formula is C16H23NO. The summed E-state index contributed by atoms with van der Waals surface area (Å²) in [4.78, 5) is 13.9. The van der Waals surface area contributed by atoms with Crippen molar-refractivity contribution in [1.82, 2.24) is 4.90 Å². The molecule has 2 heteroatoms. The molecular weight excluding hydrogens is 222 g/mol. The Labute approximate surface area is 110 Å². The van der Waals surface area contributed by atoms with Crippen molar-refractivity contribution in [2.24, 2.45) is 0 Å². The first kappa shape index (κ1) is 13.1. The first-order valence-electron chi connectivity index (χ1n) is 7.08. The van der Waals surface area contributed by atoms with Gasteiger partial charge in [0.05, 0.1) is 0 Å². The zero-order valence-corrected chi connectivity index (χ0v) is 11.3. The molecule has 98 valence electrons. The van der Waals surface area contributed by atoms with Crippen LogP contribution in [0.25, 0.3) is 0 Å². The molecule has 0 aromatic heterocycles. The Morgan fingerprint density at radius 2 is 1.83 bits per heavy atom. The van der Waals surface area contributed by atoms with Crippen LogP contribution >= 0.6 is 0 Å². The maximum Gasteiger partial charge on any atom is 0.219 e. The third-order valence-electron chi connectivity index (χ3n) is 3.90. The predicted octanol–water partition coefficient (Wildman–Crippen LogP) is 3.41. The second kappa shape index (κ2) is 6.58. The van der Waals surface area contributed by atoms with E-state index in [1.165, 1.54) is 37.7 Å². The van der Waals surface area contributed by atoms with Gasteiger partial charge in [-0.1, -0.05) is 49.6 Å². The Morgan fingerprint density at radius 1 is 1.17 bits per heavy atom. The van der Waals surface area contributed by atoms with Crippen molar-refractivity contribution < 1.29 is 4.79 Å². The number of benzene rings is 1. The SMILES string of the molecule is CC(=O)N(CCc1ccccc1)C1CCCCC1. The van der Waals surface area contributed by atoms with E-state index in [4.69, 9.17) is 0 Å². The first-order valence-corrected chi connectivity index (χ1v) is 7.08. The second-order valence-corrected chi connectivity index (χ2v) is 5.24. The van der Waals surface area contributed by atoms with E-state index in [1.807, 2.05) is 6.07 Å². The van der Waals surface area contributed by atoms with E-state index in [1.54, 1.807) is 6.92 Å². The van der Waals surface area contributed by atoms with E-state index in [0.717, 1.165) is 13.0 Å². The summed E-state index contributed by atoms with van der Waals surface area (Å²) in [7, 11) is 0. The Hall–Kier alpha value is -1.31. The molecule has 0 heterocycles. The molecule has 0 saturated heterocycles. The summed E-state index contributed by atoms with van der Waals surface area (Å²) in [6.07, 6.45) is 7.24. The minimum Gasteiger partial charge on any atom is -0.340 e. The van der Waals surface area contributed by atoms with Gasteiger partial charge in [-0.15, -0.1) is 0 Å². The van der Waals surface area contributed by atoms with Crippen LogP contribution in [-0.2, 0) is 11.2 Å². The minimum atomic E-state index is 0.234. The Kier molecular flexibility index (Phi) is 4.80. The number of nitrogens with zero attached hydrogens (tertiary/aromatic N) is 1. The van der Waals surface area contributed by atoms with Gasteiger partial charge in [-0.2, -0.15) is 0 Å². The summed E-state index contributed by atoms with van der Waals surface area (Å²) in [6, 6.07) is 10.9. The molecule has 0 spiro atoms. The van der Waals surface area contributed by atoms with Crippen molar-refractivity contribution in [3.63, 3.8) is 0 Å². The van der Waals surface area contributed by atoms with Crippen molar-refractivity contribution in [2.75, 3.05) is 6.54 Å². The van der Waals surface area contributed by atoms with E-state index < -0.39 is 0 Å². The quantitative estimate of drug-likeness (QED) is 0.796. The van der Waals surface area contributed by atoms with Crippen LogP contribution in [0.4, 0.5) is 0 Å². The molecule has 1 fully saturated rings. The van der Waals surface area contributed by atoms with Crippen LogP contribution in [0.1, 0.15) is 44.6 Å². The summed E-state index contributed by atoms with van der Waals surface area (Å²) >= 11 is 0. The lowest BCUT2D eigenvalue weighted by atomic mass is 9.94. The zero-order valence-electron chi connectivity index (χ0n) is 11.3. The fraction of sp³-hybridized carbons (Fsp3) is 0.562. The van der Waals surface area contributed by atoms with Gasteiger partial charge >= 0.3 is 0 Å². The fourth-order valence-corrected chi connectivity index (χ4v) is 2.88. The number of amides is 1. The summed E-state index contributed by atoms with van der Waals surface area (Å²) < 4.78 is 0. The van der Waals surface area contributed by atoms with Gasteiger partial charge in [-0.3, -0.25) is 4.79 Å².